The quantitative estimate of drug-likeness (QED) is 0.791. The van der Waals surface area contributed by atoms with Gasteiger partial charge in [0, 0.05) is 19.1 Å². The van der Waals surface area contributed by atoms with Crippen molar-refractivity contribution in [1.82, 2.24) is 14.9 Å². The van der Waals surface area contributed by atoms with Crippen LogP contribution in [0.3, 0.4) is 0 Å². The van der Waals surface area contributed by atoms with Crippen molar-refractivity contribution in [2.24, 2.45) is 5.92 Å². The molecular weight excluding hydrogens is 321 g/mol. The number of rotatable bonds is 4. The molecule has 2 heterocycles. The highest BCUT2D eigenvalue weighted by atomic mass is 35.5. The summed E-state index contributed by atoms with van der Waals surface area (Å²) in [6.07, 6.45) is 5.81. The van der Waals surface area contributed by atoms with Crippen molar-refractivity contribution < 1.29 is 8.42 Å². The standard InChI is InChI=1S/C12H25N3O2S.2ClH/c1-18(16,17)14-12-3-2-8-15(10-12)9-11-4-6-13-7-5-11;;/h11-14H,2-10H2,1H3;2*1H. The topological polar surface area (TPSA) is 61.4 Å². The van der Waals surface area contributed by atoms with E-state index in [9.17, 15) is 8.42 Å². The van der Waals surface area contributed by atoms with Gasteiger partial charge in [0.15, 0.2) is 0 Å². The molecule has 0 radical (unpaired) electrons. The minimum Gasteiger partial charge on any atom is -0.317 e. The fourth-order valence-corrected chi connectivity index (χ4v) is 3.85. The fourth-order valence-electron chi connectivity index (χ4n) is 3.05. The van der Waals surface area contributed by atoms with Gasteiger partial charge in [-0.1, -0.05) is 0 Å². The van der Waals surface area contributed by atoms with Gasteiger partial charge in [-0.25, -0.2) is 13.1 Å². The summed E-state index contributed by atoms with van der Waals surface area (Å²) in [7, 11) is -3.07. The highest BCUT2D eigenvalue weighted by Gasteiger charge is 2.24. The summed E-state index contributed by atoms with van der Waals surface area (Å²) in [6.45, 7) is 5.37. The van der Waals surface area contributed by atoms with E-state index in [1.165, 1.54) is 19.1 Å². The maximum absolute atomic E-state index is 11.3. The molecule has 0 aliphatic carbocycles. The van der Waals surface area contributed by atoms with Crippen molar-refractivity contribution in [1.29, 1.82) is 0 Å². The first-order valence-corrected chi connectivity index (χ1v) is 8.82. The Labute approximate surface area is 135 Å². The molecular formula is C12H27Cl2N3O2S. The fraction of sp³-hybridized carbons (Fsp3) is 1.00. The Morgan fingerprint density at radius 2 is 1.85 bits per heavy atom. The van der Waals surface area contributed by atoms with Crippen molar-refractivity contribution >= 4 is 34.8 Å². The molecule has 8 heteroatoms. The van der Waals surface area contributed by atoms with E-state index in [0.29, 0.717) is 0 Å². The molecule has 0 aromatic carbocycles. The number of piperidine rings is 2. The lowest BCUT2D eigenvalue weighted by Crippen LogP contribution is -2.49. The predicted molar refractivity (Wildman–Crippen MR) is 87.5 cm³/mol. The molecule has 2 saturated heterocycles. The van der Waals surface area contributed by atoms with Gasteiger partial charge in [-0.15, -0.1) is 24.8 Å². The number of hydrogen-bond acceptors (Lipinski definition) is 4. The van der Waals surface area contributed by atoms with E-state index in [-0.39, 0.29) is 30.9 Å². The lowest BCUT2D eigenvalue weighted by Gasteiger charge is -2.36. The van der Waals surface area contributed by atoms with Gasteiger partial charge in [-0.2, -0.15) is 0 Å². The number of hydrogen-bond donors (Lipinski definition) is 2. The largest absolute Gasteiger partial charge is 0.317 e. The van der Waals surface area contributed by atoms with E-state index >= 15 is 0 Å². The summed E-state index contributed by atoms with van der Waals surface area (Å²) >= 11 is 0. The minimum absolute atomic E-state index is 0. The molecule has 1 unspecified atom stereocenters. The molecule has 0 spiro atoms. The molecule has 0 bridgehead atoms. The first kappa shape index (κ1) is 20.4. The average molecular weight is 348 g/mol. The predicted octanol–water partition coefficient (Wildman–Crippen LogP) is 0.843. The van der Waals surface area contributed by atoms with Crippen molar-refractivity contribution in [3.63, 3.8) is 0 Å². The van der Waals surface area contributed by atoms with Crippen LogP contribution in [0.2, 0.25) is 0 Å². The Bertz CT molecular complexity index is 362. The van der Waals surface area contributed by atoms with Crippen LogP contribution in [0.25, 0.3) is 0 Å². The van der Waals surface area contributed by atoms with Gasteiger partial charge < -0.3 is 10.2 Å². The van der Waals surface area contributed by atoms with E-state index < -0.39 is 10.0 Å². The highest BCUT2D eigenvalue weighted by Crippen LogP contribution is 2.17. The number of sulfonamides is 1. The Hall–Kier alpha value is 0.410. The molecule has 2 fully saturated rings. The number of nitrogens with one attached hydrogen (secondary N) is 2. The zero-order chi connectivity index (χ0) is 13.0. The Morgan fingerprint density at radius 1 is 1.20 bits per heavy atom. The third-order valence-corrected chi connectivity index (χ3v) is 4.62. The zero-order valence-corrected chi connectivity index (χ0v) is 14.5. The van der Waals surface area contributed by atoms with Crippen LogP contribution in [0.15, 0.2) is 0 Å². The number of halogens is 2. The van der Waals surface area contributed by atoms with Gasteiger partial charge in [0.2, 0.25) is 10.0 Å². The third-order valence-electron chi connectivity index (χ3n) is 3.86. The molecule has 20 heavy (non-hydrogen) atoms. The van der Waals surface area contributed by atoms with Crippen LogP contribution in [0.1, 0.15) is 25.7 Å². The van der Waals surface area contributed by atoms with Gasteiger partial charge in [0.1, 0.15) is 0 Å². The molecule has 2 aliphatic heterocycles. The molecule has 2 rings (SSSR count). The van der Waals surface area contributed by atoms with Crippen LogP contribution in [-0.4, -0.2) is 58.3 Å². The summed E-state index contributed by atoms with van der Waals surface area (Å²) in [6, 6.07) is 0.107. The second-order valence-corrected chi connectivity index (χ2v) is 7.46. The number of likely N-dealkylation sites (tertiary alicyclic amines) is 1. The van der Waals surface area contributed by atoms with Crippen LogP contribution >= 0.6 is 24.8 Å². The van der Waals surface area contributed by atoms with Crippen LogP contribution in [0.5, 0.6) is 0 Å². The van der Waals surface area contributed by atoms with Gasteiger partial charge in [0.05, 0.1) is 6.26 Å². The summed E-state index contributed by atoms with van der Waals surface area (Å²) < 4.78 is 25.3. The zero-order valence-electron chi connectivity index (χ0n) is 12.0. The Balaban J connectivity index is 0.00000180. The maximum atomic E-state index is 11.3. The average Bonchev–Trinajstić information content (AvgIpc) is 2.28. The first-order valence-electron chi connectivity index (χ1n) is 6.93. The van der Waals surface area contributed by atoms with E-state index in [4.69, 9.17) is 0 Å². The van der Waals surface area contributed by atoms with Gasteiger partial charge >= 0.3 is 0 Å². The third kappa shape index (κ3) is 7.43. The minimum atomic E-state index is -3.07. The molecule has 2 aliphatic rings. The van der Waals surface area contributed by atoms with Gasteiger partial charge in [-0.3, -0.25) is 0 Å². The van der Waals surface area contributed by atoms with Crippen molar-refractivity contribution in [3.8, 4) is 0 Å². The van der Waals surface area contributed by atoms with E-state index in [2.05, 4.69) is 14.9 Å². The smallest absolute Gasteiger partial charge is 0.208 e. The second kappa shape index (κ2) is 9.43. The molecule has 0 amide bonds. The molecule has 1 atom stereocenters. The lowest BCUT2D eigenvalue weighted by atomic mass is 9.96. The van der Waals surface area contributed by atoms with Gasteiger partial charge in [-0.05, 0) is 51.2 Å². The molecule has 2 N–H and O–H groups in total. The SMILES string of the molecule is CS(=O)(=O)NC1CCCN(CC2CCNCC2)C1.Cl.Cl. The second-order valence-electron chi connectivity index (χ2n) is 5.68. The van der Waals surface area contributed by atoms with E-state index in [0.717, 1.165) is 51.5 Å². The molecule has 0 aromatic heterocycles. The highest BCUT2D eigenvalue weighted by molar-refractivity contribution is 7.88. The normalized spacial score (nSPS) is 25.6. The van der Waals surface area contributed by atoms with Crippen molar-refractivity contribution in [2.45, 2.75) is 31.7 Å². The summed E-state index contributed by atoms with van der Waals surface area (Å²) in [5, 5.41) is 3.38. The van der Waals surface area contributed by atoms with Crippen LogP contribution in [0, 0.1) is 5.92 Å². The number of nitrogens with zero attached hydrogens (tertiary/aromatic N) is 1. The molecule has 0 saturated carbocycles. The van der Waals surface area contributed by atoms with Crippen LogP contribution in [-0.2, 0) is 10.0 Å². The van der Waals surface area contributed by atoms with Crippen LogP contribution in [0.4, 0.5) is 0 Å². The monoisotopic (exact) mass is 347 g/mol. The van der Waals surface area contributed by atoms with Crippen molar-refractivity contribution in [3.05, 3.63) is 0 Å². The first-order chi connectivity index (χ1) is 8.53. The lowest BCUT2D eigenvalue weighted by molar-refractivity contribution is 0.160. The summed E-state index contributed by atoms with van der Waals surface area (Å²) in [5.41, 5.74) is 0. The van der Waals surface area contributed by atoms with Gasteiger partial charge in [0.25, 0.3) is 0 Å². The van der Waals surface area contributed by atoms with Crippen LogP contribution < -0.4 is 10.0 Å². The summed E-state index contributed by atoms with van der Waals surface area (Å²) in [5.74, 6) is 0.781. The van der Waals surface area contributed by atoms with E-state index in [1.807, 2.05) is 0 Å². The maximum Gasteiger partial charge on any atom is 0.208 e. The molecule has 0 aromatic rings. The van der Waals surface area contributed by atoms with Crippen molar-refractivity contribution in [2.75, 3.05) is 39.0 Å². The van der Waals surface area contributed by atoms with E-state index in [1.54, 1.807) is 0 Å². The molecule has 5 nitrogen and oxygen atoms in total. The Kier molecular flexibility index (Phi) is 9.63. The Morgan fingerprint density at radius 3 is 2.45 bits per heavy atom. The summed E-state index contributed by atoms with van der Waals surface area (Å²) in [4.78, 5) is 2.43. The molecule has 122 valence electrons.